The number of carbonyl (C=O) groups excluding carboxylic acids is 1. The lowest BCUT2D eigenvalue weighted by molar-refractivity contribution is -0.137. The van der Waals surface area contributed by atoms with E-state index in [1.54, 1.807) is 20.2 Å². The fourth-order valence-electron chi connectivity index (χ4n) is 2.71. The summed E-state index contributed by atoms with van der Waals surface area (Å²) in [5, 5.41) is 6.41. The molecular weight excluding hydrogens is 411 g/mol. The van der Waals surface area contributed by atoms with Gasteiger partial charge in [-0.2, -0.15) is 26.7 Å². The van der Waals surface area contributed by atoms with E-state index < -0.39 is 27.9 Å². The maximum absolute atomic E-state index is 12.9. The number of anilines is 1. The van der Waals surface area contributed by atoms with Gasteiger partial charge in [0.1, 0.15) is 5.70 Å². The van der Waals surface area contributed by atoms with Crippen molar-refractivity contribution in [1.29, 1.82) is 0 Å². The maximum Gasteiger partial charge on any atom is 0.416 e. The van der Waals surface area contributed by atoms with Crippen molar-refractivity contribution in [1.82, 2.24) is 14.1 Å². The van der Waals surface area contributed by atoms with Gasteiger partial charge in [0.05, 0.1) is 17.0 Å². The van der Waals surface area contributed by atoms with Gasteiger partial charge in [0, 0.05) is 31.5 Å². The van der Waals surface area contributed by atoms with Crippen molar-refractivity contribution >= 4 is 27.5 Å². The van der Waals surface area contributed by atoms with Crippen LogP contribution in [0.2, 0.25) is 0 Å². The Morgan fingerprint density at radius 3 is 2.48 bits per heavy atom. The number of allylic oxidation sites excluding steroid dienone is 1. The average Bonchev–Trinajstić information content (AvgIpc) is 2.95. The van der Waals surface area contributed by atoms with Gasteiger partial charge in [-0.25, -0.2) is 4.31 Å². The van der Waals surface area contributed by atoms with Crippen molar-refractivity contribution in [2.75, 3.05) is 12.4 Å². The van der Waals surface area contributed by atoms with E-state index in [4.69, 9.17) is 0 Å². The Morgan fingerprint density at radius 2 is 1.90 bits per heavy atom. The molecule has 0 saturated carbocycles. The van der Waals surface area contributed by atoms with Crippen molar-refractivity contribution in [3.05, 3.63) is 59.1 Å². The Balaban J connectivity index is 1.97. The first kappa shape index (κ1) is 20.6. The largest absolute Gasteiger partial charge is 0.416 e. The molecule has 0 bridgehead atoms. The van der Waals surface area contributed by atoms with E-state index in [1.165, 1.54) is 16.8 Å². The molecule has 1 amide bonds. The third-order valence-corrected chi connectivity index (χ3v) is 5.46. The van der Waals surface area contributed by atoms with Crippen molar-refractivity contribution in [2.45, 2.75) is 13.1 Å². The molecule has 2 heterocycles. The predicted octanol–water partition coefficient (Wildman–Crippen LogP) is 2.25. The van der Waals surface area contributed by atoms with Crippen LogP contribution in [0.25, 0.3) is 0 Å². The van der Waals surface area contributed by atoms with Crippen LogP contribution in [0.1, 0.15) is 16.8 Å². The molecule has 1 aliphatic rings. The summed E-state index contributed by atoms with van der Waals surface area (Å²) >= 11 is 0. The summed E-state index contributed by atoms with van der Waals surface area (Å²) in [6.45, 7) is 1.65. The van der Waals surface area contributed by atoms with Crippen molar-refractivity contribution in [3.63, 3.8) is 0 Å². The molecule has 1 aliphatic heterocycles. The van der Waals surface area contributed by atoms with Gasteiger partial charge in [0.25, 0.3) is 5.91 Å². The number of aryl methyl sites for hydroxylation is 2. The molecule has 1 aromatic carbocycles. The van der Waals surface area contributed by atoms with E-state index in [1.807, 2.05) is 0 Å². The highest BCUT2D eigenvalue weighted by Crippen LogP contribution is 2.31. The number of nitrogens with zero attached hydrogens (tertiary/aromatic N) is 4. The molecule has 1 N–H and O–H groups in total. The lowest BCUT2D eigenvalue weighted by atomic mass is 10.1. The second-order valence-corrected chi connectivity index (χ2v) is 7.91. The second kappa shape index (κ2) is 7.03. The topological polar surface area (TPSA) is 96.7 Å². The number of nitrogens with one attached hydrogen (secondary N) is 1. The van der Waals surface area contributed by atoms with E-state index in [0.29, 0.717) is 15.6 Å². The van der Waals surface area contributed by atoms with E-state index >= 15 is 0 Å². The fourth-order valence-corrected chi connectivity index (χ4v) is 3.62. The zero-order valence-corrected chi connectivity index (χ0v) is 16.3. The van der Waals surface area contributed by atoms with Gasteiger partial charge < -0.3 is 5.32 Å². The lowest BCUT2D eigenvalue weighted by Crippen LogP contribution is -2.35. The molecule has 0 fully saturated rings. The SMILES string of the molecule is Cc1nn(C)cc1C1=NS(=O)(=O)N(C)C(C(=O)Nc2cccc(C(F)(F)F)c2)=C1. The third kappa shape index (κ3) is 4.16. The van der Waals surface area contributed by atoms with Gasteiger partial charge >= 0.3 is 16.4 Å². The molecule has 8 nitrogen and oxygen atoms in total. The molecule has 29 heavy (non-hydrogen) atoms. The van der Waals surface area contributed by atoms with Crippen molar-refractivity contribution in [2.24, 2.45) is 11.4 Å². The third-order valence-electron chi connectivity index (χ3n) is 4.14. The molecule has 1 aromatic heterocycles. The Labute approximate surface area is 164 Å². The summed E-state index contributed by atoms with van der Waals surface area (Å²) in [5.74, 6) is -0.899. The highest BCUT2D eigenvalue weighted by atomic mass is 32.2. The molecule has 0 aliphatic carbocycles. The van der Waals surface area contributed by atoms with Crippen LogP contribution in [0.15, 0.2) is 46.6 Å². The highest BCUT2D eigenvalue weighted by molar-refractivity contribution is 7.88. The van der Waals surface area contributed by atoms with Crippen LogP contribution in [0.3, 0.4) is 0 Å². The lowest BCUT2D eigenvalue weighted by Gasteiger charge is -2.23. The molecule has 0 saturated heterocycles. The van der Waals surface area contributed by atoms with E-state index in [2.05, 4.69) is 14.8 Å². The van der Waals surface area contributed by atoms with Gasteiger partial charge in [-0.05, 0) is 31.2 Å². The Hall–Kier alpha value is -3.15. The normalized spacial score (nSPS) is 16.3. The molecule has 154 valence electrons. The van der Waals surface area contributed by atoms with E-state index in [0.717, 1.165) is 25.2 Å². The smallest absolute Gasteiger partial charge is 0.321 e. The first-order valence-electron chi connectivity index (χ1n) is 8.18. The van der Waals surface area contributed by atoms with E-state index in [9.17, 15) is 26.4 Å². The zero-order chi connectivity index (χ0) is 21.6. The van der Waals surface area contributed by atoms with Crippen LogP contribution >= 0.6 is 0 Å². The number of carbonyl (C=O) groups is 1. The number of halogens is 3. The van der Waals surface area contributed by atoms with Crippen LogP contribution in [-0.2, 0) is 28.2 Å². The molecule has 0 spiro atoms. The van der Waals surface area contributed by atoms with Gasteiger partial charge in [-0.3, -0.25) is 9.48 Å². The monoisotopic (exact) mass is 427 g/mol. The highest BCUT2D eigenvalue weighted by Gasteiger charge is 2.32. The number of aromatic nitrogens is 2. The van der Waals surface area contributed by atoms with Gasteiger partial charge in [0.2, 0.25) is 0 Å². The van der Waals surface area contributed by atoms with Crippen molar-refractivity contribution in [3.8, 4) is 0 Å². The first-order chi connectivity index (χ1) is 13.4. The number of amides is 1. The van der Waals surface area contributed by atoms with Crippen LogP contribution in [0.5, 0.6) is 0 Å². The standard InChI is InChI=1S/C17H16F3N5O3S/c1-10-13(9-24(2)22-10)14-8-15(25(3)29(27,28)23-14)16(26)21-12-6-4-5-11(7-12)17(18,19)20/h4-9H,1-3H3,(H,21,26). The number of benzene rings is 1. The summed E-state index contributed by atoms with van der Waals surface area (Å²) in [5.41, 5.74) is -0.452. The van der Waals surface area contributed by atoms with Crippen LogP contribution in [0.4, 0.5) is 18.9 Å². The number of rotatable bonds is 3. The minimum absolute atomic E-state index is 0.00268. The molecular formula is C17H16F3N5O3S. The average molecular weight is 427 g/mol. The Bertz CT molecular complexity index is 1150. The summed E-state index contributed by atoms with van der Waals surface area (Å²) in [6, 6.07) is 4.03. The number of hydrogen-bond donors (Lipinski definition) is 1. The molecule has 0 radical (unpaired) electrons. The molecule has 0 atom stereocenters. The summed E-state index contributed by atoms with van der Waals surface area (Å²) in [6.07, 6.45) is -1.79. The predicted molar refractivity (Wildman–Crippen MR) is 99.3 cm³/mol. The summed E-state index contributed by atoms with van der Waals surface area (Å²) in [7, 11) is -1.44. The molecule has 3 rings (SSSR count). The van der Waals surface area contributed by atoms with Crippen LogP contribution in [0, 0.1) is 6.92 Å². The molecule has 2 aromatic rings. The molecule has 0 unspecified atom stereocenters. The van der Waals surface area contributed by atoms with Gasteiger partial charge in [-0.1, -0.05) is 6.07 Å². The summed E-state index contributed by atoms with van der Waals surface area (Å²) < 4.78 is 69.2. The Morgan fingerprint density at radius 1 is 1.21 bits per heavy atom. The van der Waals surface area contributed by atoms with Gasteiger partial charge in [0.15, 0.2) is 0 Å². The minimum Gasteiger partial charge on any atom is -0.321 e. The first-order valence-corrected chi connectivity index (χ1v) is 9.58. The van der Waals surface area contributed by atoms with Crippen LogP contribution < -0.4 is 5.32 Å². The number of likely N-dealkylation sites (N-methyl/N-ethyl adjacent to an activating group) is 1. The van der Waals surface area contributed by atoms with Crippen LogP contribution in [-0.4, -0.2) is 41.2 Å². The quantitative estimate of drug-likeness (QED) is 0.813. The number of alkyl halides is 3. The number of hydrogen-bond acceptors (Lipinski definition) is 4. The summed E-state index contributed by atoms with van der Waals surface area (Å²) in [4.78, 5) is 12.7. The minimum atomic E-state index is -4.58. The fraction of sp³-hybridized carbons (Fsp3) is 0.235. The maximum atomic E-state index is 12.9. The Kier molecular flexibility index (Phi) is 4.99. The zero-order valence-electron chi connectivity index (χ0n) is 15.5. The molecule has 12 heteroatoms. The van der Waals surface area contributed by atoms with E-state index in [-0.39, 0.29) is 17.1 Å². The second-order valence-electron chi connectivity index (χ2n) is 6.29. The van der Waals surface area contributed by atoms with Gasteiger partial charge in [-0.15, -0.1) is 4.40 Å². The van der Waals surface area contributed by atoms with Crippen molar-refractivity contribution < 1.29 is 26.4 Å².